The maximum Gasteiger partial charge on any atom is 0.279 e. The molecule has 1 aromatic rings. The van der Waals surface area contributed by atoms with E-state index < -0.39 is 10.2 Å². The van der Waals surface area contributed by atoms with Crippen molar-refractivity contribution in [2.75, 3.05) is 19.6 Å². The van der Waals surface area contributed by atoms with Crippen LogP contribution in [-0.2, 0) is 10.2 Å². The fourth-order valence-corrected chi connectivity index (χ4v) is 4.10. The zero-order valence-corrected chi connectivity index (χ0v) is 11.4. The van der Waals surface area contributed by atoms with Crippen LogP contribution in [-0.4, -0.2) is 37.3 Å². The number of aromatic nitrogens is 1. The predicted octanol–water partition coefficient (Wildman–Crippen LogP) is 1.18. The largest absolute Gasteiger partial charge is 0.279 e. The van der Waals surface area contributed by atoms with Crippen LogP contribution in [0.1, 0.15) is 30.7 Å². The van der Waals surface area contributed by atoms with Gasteiger partial charge in [-0.15, -0.1) is 11.3 Å². The first-order valence-corrected chi connectivity index (χ1v) is 8.09. The minimum Gasteiger partial charge on any atom is -0.249 e. The molecule has 1 saturated heterocycles. The summed E-state index contributed by atoms with van der Waals surface area (Å²) in [5.41, 5.74) is 0. The second kappa shape index (κ2) is 5.43. The van der Waals surface area contributed by atoms with Gasteiger partial charge in [0.15, 0.2) is 0 Å². The molecule has 1 aliphatic rings. The first-order valence-electron chi connectivity index (χ1n) is 5.77. The summed E-state index contributed by atoms with van der Waals surface area (Å²) in [5, 5.41) is 3.10. The molecule has 0 bridgehead atoms. The maximum atomic E-state index is 11.8. The molecule has 1 fully saturated rings. The SMILES string of the molecule is CCNS(=O)(=O)N1CCC(c2nccs2)CC1. The summed E-state index contributed by atoms with van der Waals surface area (Å²) in [6, 6.07) is 0. The van der Waals surface area contributed by atoms with Crippen molar-refractivity contribution in [1.29, 1.82) is 0 Å². The smallest absolute Gasteiger partial charge is 0.249 e. The Labute approximate surface area is 106 Å². The summed E-state index contributed by atoms with van der Waals surface area (Å²) in [4.78, 5) is 4.30. The van der Waals surface area contributed by atoms with Crippen molar-refractivity contribution in [2.24, 2.45) is 0 Å². The summed E-state index contributed by atoms with van der Waals surface area (Å²) >= 11 is 1.65. The van der Waals surface area contributed by atoms with E-state index in [-0.39, 0.29) is 0 Å². The number of piperidine rings is 1. The van der Waals surface area contributed by atoms with Crippen molar-refractivity contribution >= 4 is 21.5 Å². The highest BCUT2D eigenvalue weighted by atomic mass is 32.2. The van der Waals surface area contributed by atoms with Gasteiger partial charge in [0.25, 0.3) is 10.2 Å². The van der Waals surface area contributed by atoms with Gasteiger partial charge in [-0.25, -0.2) is 9.71 Å². The van der Waals surface area contributed by atoms with E-state index in [1.54, 1.807) is 18.3 Å². The molecule has 0 atom stereocenters. The van der Waals surface area contributed by atoms with Crippen LogP contribution in [0.2, 0.25) is 0 Å². The van der Waals surface area contributed by atoms with Crippen molar-refractivity contribution in [3.8, 4) is 0 Å². The number of hydrogen-bond acceptors (Lipinski definition) is 4. The highest BCUT2D eigenvalue weighted by Gasteiger charge is 2.28. The van der Waals surface area contributed by atoms with E-state index >= 15 is 0 Å². The van der Waals surface area contributed by atoms with E-state index in [9.17, 15) is 8.42 Å². The Morgan fingerprint density at radius 3 is 2.76 bits per heavy atom. The lowest BCUT2D eigenvalue weighted by Crippen LogP contribution is -2.44. The Balaban J connectivity index is 1.94. The van der Waals surface area contributed by atoms with E-state index in [2.05, 4.69) is 9.71 Å². The van der Waals surface area contributed by atoms with Crippen molar-refractivity contribution < 1.29 is 8.42 Å². The van der Waals surface area contributed by atoms with Crippen LogP contribution < -0.4 is 4.72 Å². The second-order valence-corrected chi connectivity index (χ2v) is 6.73. The summed E-state index contributed by atoms with van der Waals surface area (Å²) in [6.07, 6.45) is 3.53. The molecule has 0 aliphatic carbocycles. The Bertz CT molecular complexity index is 436. The second-order valence-electron chi connectivity index (χ2n) is 4.05. The molecule has 7 heteroatoms. The molecule has 17 heavy (non-hydrogen) atoms. The van der Waals surface area contributed by atoms with E-state index in [0.717, 1.165) is 17.8 Å². The summed E-state index contributed by atoms with van der Waals surface area (Å²) < 4.78 is 27.6. The van der Waals surface area contributed by atoms with Crippen LogP contribution in [0.3, 0.4) is 0 Å². The van der Waals surface area contributed by atoms with Crippen LogP contribution in [0.5, 0.6) is 0 Å². The molecule has 2 rings (SSSR count). The molecular formula is C10H17N3O2S2. The van der Waals surface area contributed by atoms with E-state index in [4.69, 9.17) is 0 Å². The zero-order chi connectivity index (χ0) is 12.3. The van der Waals surface area contributed by atoms with E-state index in [0.29, 0.717) is 25.6 Å². The molecule has 5 nitrogen and oxygen atoms in total. The molecule has 0 unspecified atom stereocenters. The van der Waals surface area contributed by atoms with Gasteiger partial charge in [-0.2, -0.15) is 12.7 Å². The molecule has 0 saturated carbocycles. The lowest BCUT2D eigenvalue weighted by Gasteiger charge is -2.30. The minimum atomic E-state index is -3.26. The zero-order valence-electron chi connectivity index (χ0n) is 9.80. The monoisotopic (exact) mass is 275 g/mol. The quantitative estimate of drug-likeness (QED) is 0.897. The lowest BCUT2D eigenvalue weighted by atomic mass is 9.99. The van der Waals surface area contributed by atoms with Crippen LogP contribution in [0.15, 0.2) is 11.6 Å². The molecule has 1 aromatic heterocycles. The molecular weight excluding hydrogens is 258 g/mol. The third-order valence-electron chi connectivity index (χ3n) is 2.92. The van der Waals surface area contributed by atoms with Gasteiger partial charge < -0.3 is 0 Å². The molecule has 0 radical (unpaired) electrons. The van der Waals surface area contributed by atoms with E-state index in [1.807, 2.05) is 11.6 Å². The average Bonchev–Trinajstić information content (AvgIpc) is 2.82. The molecule has 1 aliphatic heterocycles. The summed E-state index contributed by atoms with van der Waals surface area (Å²) in [6.45, 7) is 3.40. The first-order chi connectivity index (χ1) is 8.13. The van der Waals surface area contributed by atoms with Gasteiger partial charge in [-0.05, 0) is 12.8 Å². The standard InChI is InChI=1S/C10H17N3O2S2/c1-2-12-17(14,15)13-6-3-9(4-7-13)10-11-5-8-16-10/h5,8-9,12H,2-4,6-7H2,1H3. The Hall–Kier alpha value is -0.500. The van der Waals surface area contributed by atoms with Gasteiger partial charge >= 0.3 is 0 Å². The van der Waals surface area contributed by atoms with Gasteiger partial charge in [0.2, 0.25) is 0 Å². The van der Waals surface area contributed by atoms with Gasteiger partial charge in [0.1, 0.15) is 0 Å². The van der Waals surface area contributed by atoms with Crippen molar-refractivity contribution in [3.05, 3.63) is 16.6 Å². The van der Waals surface area contributed by atoms with Gasteiger partial charge in [-0.1, -0.05) is 6.92 Å². The van der Waals surface area contributed by atoms with Crippen LogP contribution in [0, 0.1) is 0 Å². The maximum absolute atomic E-state index is 11.8. The number of nitrogens with zero attached hydrogens (tertiary/aromatic N) is 2. The normalized spacial score (nSPS) is 19.6. The molecule has 0 spiro atoms. The number of hydrogen-bond donors (Lipinski definition) is 1. The van der Waals surface area contributed by atoms with Crippen LogP contribution >= 0.6 is 11.3 Å². The molecule has 2 heterocycles. The third-order valence-corrected chi connectivity index (χ3v) is 5.56. The highest BCUT2D eigenvalue weighted by Crippen LogP contribution is 2.29. The van der Waals surface area contributed by atoms with Crippen LogP contribution in [0.25, 0.3) is 0 Å². The predicted molar refractivity (Wildman–Crippen MR) is 68.3 cm³/mol. The average molecular weight is 275 g/mol. The molecule has 0 amide bonds. The fourth-order valence-electron chi connectivity index (χ4n) is 2.05. The van der Waals surface area contributed by atoms with Gasteiger partial charge in [0, 0.05) is 37.1 Å². The molecule has 96 valence electrons. The summed E-state index contributed by atoms with van der Waals surface area (Å²) in [5.74, 6) is 0.420. The third kappa shape index (κ3) is 3.04. The Morgan fingerprint density at radius 1 is 1.53 bits per heavy atom. The lowest BCUT2D eigenvalue weighted by molar-refractivity contribution is 0.315. The Morgan fingerprint density at radius 2 is 2.24 bits per heavy atom. The van der Waals surface area contributed by atoms with Gasteiger partial charge in [-0.3, -0.25) is 0 Å². The minimum absolute atomic E-state index is 0.420. The Kier molecular flexibility index (Phi) is 4.13. The summed E-state index contributed by atoms with van der Waals surface area (Å²) in [7, 11) is -3.26. The van der Waals surface area contributed by atoms with Crippen molar-refractivity contribution in [2.45, 2.75) is 25.7 Å². The number of thiazole rings is 1. The van der Waals surface area contributed by atoms with E-state index in [1.165, 1.54) is 4.31 Å². The molecule has 1 N–H and O–H groups in total. The number of nitrogens with one attached hydrogen (secondary N) is 1. The fraction of sp³-hybridized carbons (Fsp3) is 0.700. The molecule has 0 aromatic carbocycles. The van der Waals surface area contributed by atoms with Gasteiger partial charge in [0.05, 0.1) is 5.01 Å². The van der Waals surface area contributed by atoms with Crippen LogP contribution in [0.4, 0.5) is 0 Å². The first kappa shape index (κ1) is 12.9. The topological polar surface area (TPSA) is 62.3 Å². The van der Waals surface area contributed by atoms with Crippen molar-refractivity contribution in [3.63, 3.8) is 0 Å². The highest BCUT2D eigenvalue weighted by molar-refractivity contribution is 7.87. The number of rotatable bonds is 4. The van der Waals surface area contributed by atoms with Crippen molar-refractivity contribution in [1.82, 2.24) is 14.0 Å².